The van der Waals surface area contributed by atoms with Crippen molar-refractivity contribution >= 4 is 37.5 Å². The third-order valence-corrected chi connectivity index (χ3v) is 3.45. The first-order valence-corrected chi connectivity index (χ1v) is 6.24. The lowest BCUT2D eigenvalue weighted by Crippen LogP contribution is -2.13. The van der Waals surface area contributed by atoms with Gasteiger partial charge in [0, 0.05) is 17.1 Å². The van der Waals surface area contributed by atoms with Crippen molar-refractivity contribution in [1.29, 1.82) is 0 Å². The summed E-state index contributed by atoms with van der Waals surface area (Å²) in [6.07, 6.45) is 0. The molecule has 0 aliphatic carbocycles. The fourth-order valence-corrected chi connectivity index (χ4v) is 2.66. The first kappa shape index (κ1) is 12.2. The minimum absolute atomic E-state index is 0.0170. The highest BCUT2D eigenvalue weighted by Crippen LogP contribution is 2.24. The molecule has 15 heavy (non-hydrogen) atoms. The Labute approximate surface area is 95.8 Å². The number of nitrogens with one attached hydrogen (secondary N) is 1. The molecule has 0 spiro atoms. The van der Waals surface area contributed by atoms with Crippen LogP contribution < -0.4 is 10.5 Å². The fraction of sp³-hybridized carbons (Fsp3) is 0.125. The van der Waals surface area contributed by atoms with E-state index in [-0.39, 0.29) is 10.8 Å². The number of sulfonamides is 1. The topological polar surface area (TPSA) is 89.3 Å². The number of anilines is 1. The van der Waals surface area contributed by atoms with Crippen LogP contribution in [0.4, 0.5) is 5.69 Å². The molecule has 0 aliphatic heterocycles. The Kier molecular flexibility index (Phi) is 3.48. The second kappa shape index (κ2) is 4.30. The number of rotatable bonds is 2. The Bertz CT molecular complexity index is 499. The summed E-state index contributed by atoms with van der Waals surface area (Å²) in [7, 11) is -3.74. The molecule has 1 rings (SSSR count). The maximum absolute atomic E-state index is 11.0. The molecule has 0 atom stereocenters. The van der Waals surface area contributed by atoms with E-state index in [0.29, 0.717) is 10.2 Å². The van der Waals surface area contributed by atoms with Gasteiger partial charge in [0.25, 0.3) is 0 Å². The second-order valence-electron chi connectivity index (χ2n) is 2.87. The molecule has 0 aliphatic rings. The molecule has 82 valence electrons. The Balaban J connectivity index is 3.15. The highest BCUT2D eigenvalue weighted by molar-refractivity contribution is 9.10. The van der Waals surface area contributed by atoms with Gasteiger partial charge >= 0.3 is 0 Å². The quantitative estimate of drug-likeness (QED) is 0.854. The number of nitrogens with two attached hydrogens (primary N) is 1. The molecule has 7 heteroatoms. The first-order chi connectivity index (χ1) is 6.80. The number of carbonyl (C=O) groups is 1. The van der Waals surface area contributed by atoms with E-state index in [0.717, 1.165) is 0 Å². The van der Waals surface area contributed by atoms with Gasteiger partial charge in [-0.1, -0.05) is 0 Å². The van der Waals surface area contributed by atoms with E-state index < -0.39 is 10.0 Å². The van der Waals surface area contributed by atoms with Crippen molar-refractivity contribution in [1.82, 2.24) is 0 Å². The minimum atomic E-state index is -3.74. The van der Waals surface area contributed by atoms with Crippen molar-refractivity contribution in [3.05, 3.63) is 22.7 Å². The van der Waals surface area contributed by atoms with Gasteiger partial charge in [-0.05, 0) is 34.1 Å². The van der Waals surface area contributed by atoms with Crippen LogP contribution in [0, 0.1) is 0 Å². The first-order valence-electron chi connectivity index (χ1n) is 3.90. The lowest BCUT2D eigenvalue weighted by molar-refractivity contribution is -0.114. The maximum Gasteiger partial charge on any atom is 0.239 e. The van der Waals surface area contributed by atoms with Crippen molar-refractivity contribution < 1.29 is 13.2 Å². The van der Waals surface area contributed by atoms with Crippen molar-refractivity contribution in [2.75, 3.05) is 5.32 Å². The number of amides is 1. The zero-order valence-corrected chi connectivity index (χ0v) is 10.2. The van der Waals surface area contributed by atoms with Crippen molar-refractivity contribution in [3.63, 3.8) is 0 Å². The van der Waals surface area contributed by atoms with Crippen LogP contribution in [0.2, 0.25) is 0 Å². The van der Waals surface area contributed by atoms with Crippen LogP contribution in [0.15, 0.2) is 27.6 Å². The normalized spacial score (nSPS) is 11.1. The van der Waals surface area contributed by atoms with Crippen LogP contribution in [0.25, 0.3) is 0 Å². The molecule has 0 saturated carbocycles. The molecule has 0 heterocycles. The number of hydrogen-bond donors (Lipinski definition) is 2. The van der Waals surface area contributed by atoms with E-state index in [4.69, 9.17) is 5.14 Å². The highest BCUT2D eigenvalue weighted by Gasteiger charge is 2.12. The summed E-state index contributed by atoms with van der Waals surface area (Å²) < 4.78 is 22.4. The average molecular weight is 293 g/mol. The van der Waals surface area contributed by atoms with Crippen LogP contribution in [0.3, 0.4) is 0 Å². The van der Waals surface area contributed by atoms with Crippen molar-refractivity contribution in [2.45, 2.75) is 11.8 Å². The Morgan fingerprint density at radius 3 is 2.47 bits per heavy atom. The predicted octanol–water partition coefficient (Wildman–Crippen LogP) is 1.05. The van der Waals surface area contributed by atoms with Gasteiger partial charge in [0.1, 0.15) is 0 Å². The lowest BCUT2D eigenvalue weighted by Gasteiger charge is -2.05. The summed E-state index contributed by atoms with van der Waals surface area (Å²) in [6, 6.07) is 4.26. The number of halogens is 1. The van der Waals surface area contributed by atoms with Gasteiger partial charge in [0.15, 0.2) is 0 Å². The zero-order valence-electron chi connectivity index (χ0n) is 7.82. The molecule has 1 aromatic carbocycles. The molecule has 0 unspecified atom stereocenters. The number of benzene rings is 1. The molecular formula is C8H9BrN2O3S. The summed E-state index contributed by atoms with van der Waals surface area (Å²) >= 11 is 3.06. The van der Waals surface area contributed by atoms with Crippen LogP contribution >= 0.6 is 15.9 Å². The monoisotopic (exact) mass is 292 g/mol. The van der Waals surface area contributed by atoms with Gasteiger partial charge in [0.2, 0.25) is 15.9 Å². The minimum Gasteiger partial charge on any atom is -0.326 e. The van der Waals surface area contributed by atoms with E-state index in [2.05, 4.69) is 21.2 Å². The van der Waals surface area contributed by atoms with Crippen molar-refractivity contribution in [3.8, 4) is 0 Å². The SMILES string of the molecule is CC(=O)Nc1ccc(S(N)(=O)=O)c(Br)c1. The molecule has 0 radical (unpaired) electrons. The van der Waals surface area contributed by atoms with Crippen LogP contribution in [0.1, 0.15) is 6.92 Å². The van der Waals surface area contributed by atoms with E-state index in [1.54, 1.807) is 0 Å². The predicted molar refractivity (Wildman–Crippen MR) is 59.8 cm³/mol. The molecular weight excluding hydrogens is 284 g/mol. The Morgan fingerprint density at radius 2 is 2.07 bits per heavy atom. The highest BCUT2D eigenvalue weighted by atomic mass is 79.9. The standard InChI is InChI=1S/C8H9BrN2O3S/c1-5(12)11-6-2-3-8(7(9)4-6)15(10,13)14/h2-4H,1H3,(H,11,12)(H2,10,13,14). The van der Waals surface area contributed by atoms with Gasteiger partial charge in [-0.3, -0.25) is 4.79 Å². The molecule has 0 aromatic heterocycles. The van der Waals surface area contributed by atoms with Gasteiger partial charge < -0.3 is 5.32 Å². The molecule has 1 aromatic rings. The third-order valence-electron chi connectivity index (χ3n) is 1.56. The van der Waals surface area contributed by atoms with E-state index >= 15 is 0 Å². The van der Waals surface area contributed by atoms with Crippen LogP contribution in [0.5, 0.6) is 0 Å². The smallest absolute Gasteiger partial charge is 0.239 e. The molecule has 0 saturated heterocycles. The van der Waals surface area contributed by atoms with Gasteiger partial charge in [-0.2, -0.15) is 0 Å². The van der Waals surface area contributed by atoms with E-state index in [1.165, 1.54) is 25.1 Å². The number of hydrogen-bond acceptors (Lipinski definition) is 3. The molecule has 0 fully saturated rings. The van der Waals surface area contributed by atoms with Gasteiger partial charge in [0.05, 0.1) is 4.90 Å². The molecule has 0 bridgehead atoms. The second-order valence-corrected chi connectivity index (χ2v) is 5.26. The average Bonchev–Trinajstić information content (AvgIpc) is 1.99. The van der Waals surface area contributed by atoms with Crippen LogP contribution in [-0.4, -0.2) is 14.3 Å². The van der Waals surface area contributed by atoms with Gasteiger partial charge in [-0.15, -0.1) is 0 Å². The third kappa shape index (κ3) is 3.29. The molecule has 3 N–H and O–H groups in total. The summed E-state index contributed by atoms with van der Waals surface area (Å²) in [5, 5.41) is 7.48. The van der Waals surface area contributed by atoms with Gasteiger partial charge in [-0.25, -0.2) is 13.6 Å². The molecule has 5 nitrogen and oxygen atoms in total. The Hall–Kier alpha value is -0.920. The van der Waals surface area contributed by atoms with E-state index in [1.807, 2.05) is 0 Å². The zero-order chi connectivity index (χ0) is 11.6. The Morgan fingerprint density at radius 1 is 1.47 bits per heavy atom. The van der Waals surface area contributed by atoms with Crippen molar-refractivity contribution in [2.24, 2.45) is 5.14 Å². The summed E-state index contributed by atoms with van der Waals surface area (Å²) in [4.78, 5) is 10.7. The summed E-state index contributed by atoms with van der Waals surface area (Å²) in [6.45, 7) is 1.36. The lowest BCUT2D eigenvalue weighted by atomic mass is 10.3. The molecule has 1 amide bonds. The number of primary sulfonamides is 1. The van der Waals surface area contributed by atoms with E-state index in [9.17, 15) is 13.2 Å². The largest absolute Gasteiger partial charge is 0.326 e. The number of carbonyl (C=O) groups excluding carboxylic acids is 1. The fourth-order valence-electron chi connectivity index (χ4n) is 1.01. The summed E-state index contributed by atoms with van der Waals surface area (Å²) in [5.41, 5.74) is 0.502. The summed E-state index contributed by atoms with van der Waals surface area (Å²) in [5.74, 6) is -0.231. The van der Waals surface area contributed by atoms with Crippen LogP contribution in [-0.2, 0) is 14.8 Å². The maximum atomic E-state index is 11.0.